The lowest BCUT2D eigenvalue weighted by Crippen LogP contribution is -2.24. The summed E-state index contributed by atoms with van der Waals surface area (Å²) in [6.07, 6.45) is 1.55. The number of anilines is 1. The zero-order valence-corrected chi connectivity index (χ0v) is 16.1. The number of thioether (sulfide) groups is 1. The molecule has 2 aromatic heterocycles. The molecule has 0 bridgehead atoms. The van der Waals surface area contributed by atoms with Crippen LogP contribution in [-0.4, -0.2) is 37.5 Å². The van der Waals surface area contributed by atoms with Crippen molar-refractivity contribution in [2.24, 2.45) is 5.10 Å². The van der Waals surface area contributed by atoms with Crippen LogP contribution in [0.5, 0.6) is 0 Å². The summed E-state index contributed by atoms with van der Waals surface area (Å²) in [6.45, 7) is 2.08. The van der Waals surface area contributed by atoms with E-state index in [0.29, 0.717) is 29.1 Å². The number of carbonyl (C=O) groups excluding carboxylic acids is 1. The summed E-state index contributed by atoms with van der Waals surface area (Å²) in [5.74, 6) is 0.972. The molecule has 0 aliphatic heterocycles. The highest BCUT2D eigenvalue weighted by molar-refractivity contribution is 7.99. The molecule has 3 rings (SSSR count). The number of nitrogens with one attached hydrogen (secondary N) is 3. The number of H-pyrrole nitrogens is 1. The third kappa shape index (κ3) is 5.90. The average Bonchev–Trinajstić information content (AvgIpc) is 3.41. The Kier molecular flexibility index (Phi) is 6.58. The van der Waals surface area contributed by atoms with E-state index < -0.39 is 4.92 Å². The number of nitro benzene ring substituents is 1. The Hall–Kier alpha value is -3.67. The lowest BCUT2D eigenvalue weighted by Gasteiger charge is -2.01. The average molecular weight is 415 g/mol. The maximum absolute atomic E-state index is 11.8. The van der Waals surface area contributed by atoms with Crippen LogP contribution < -0.4 is 10.7 Å². The molecule has 3 N–H and O–H groups in total. The van der Waals surface area contributed by atoms with Crippen molar-refractivity contribution < 1.29 is 14.1 Å². The van der Waals surface area contributed by atoms with E-state index in [1.807, 2.05) is 0 Å². The second-order valence-corrected chi connectivity index (χ2v) is 6.67. The molecule has 0 aliphatic carbocycles. The van der Waals surface area contributed by atoms with Gasteiger partial charge in [0.15, 0.2) is 0 Å². The summed E-state index contributed by atoms with van der Waals surface area (Å²) < 4.78 is 5.14. The van der Waals surface area contributed by atoms with E-state index in [-0.39, 0.29) is 17.3 Å². The van der Waals surface area contributed by atoms with Crippen molar-refractivity contribution in [3.05, 3.63) is 64.1 Å². The standard InChI is InChI=1S/C17H17N7O4S/c1-11(12-4-6-13(7-5-12)24(26)27)20-21-16-19-17(23-22-16)29-10-15(25)18-9-14-3-2-8-28-14/h2-8H,9-10H2,1H3,(H,18,25)(H2,19,21,22,23)/b20-11-. The number of nitro groups is 1. The minimum atomic E-state index is -0.459. The molecule has 11 nitrogen and oxygen atoms in total. The summed E-state index contributed by atoms with van der Waals surface area (Å²) in [4.78, 5) is 26.3. The lowest BCUT2D eigenvalue weighted by molar-refractivity contribution is -0.384. The van der Waals surface area contributed by atoms with E-state index in [0.717, 1.165) is 5.56 Å². The normalized spacial score (nSPS) is 11.3. The minimum Gasteiger partial charge on any atom is -0.467 e. The van der Waals surface area contributed by atoms with Crippen molar-refractivity contribution in [3.8, 4) is 0 Å². The van der Waals surface area contributed by atoms with E-state index in [4.69, 9.17) is 4.42 Å². The summed E-state index contributed by atoms with van der Waals surface area (Å²) in [5.41, 5.74) is 4.09. The maximum Gasteiger partial charge on any atom is 0.269 e. The quantitative estimate of drug-likeness (QED) is 0.209. The molecule has 0 spiro atoms. The van der Waals surface area contributed by atoms with Crippen molar-refractivity contribution in [2.75, 3.05) is 11.2 Å². The number of carbonyl (C=O) groups is 1. The third-order valence-electron chi connectivity index (χ3n) is 3.66. The Labute approximate surface area is 169 Å². The highest BCUT2D eigenvalue weighted by atomic mass is 32.2. The molecule has 150 valence electrons. The molecular weight excluding hydrogens is 398 g/mol. The fourth-order valence-corrected chi connectivity index (χ4v) is 2.79. The van der Waals surface area contributed by atoms with Gasteiger partial charge in [-0.2, -0.15) is 10.1 Å². The molecule has 29 heavy (non-hydrogen) atoms. The van der Waals surface area contributed by atoms with Crippen molar-refractivity contribution in [2.45, 2.75) is 18.6 Å². The molecule has 1 amide bonds. The highest BCUT2D eigenvalue weighted by Gasteiger charge is 2.09. The number of hydrogen-bond acceptors (Lipinski definition) is 9. The number of nitrogens with zero attached hydrogens (tertiary/aromatic N) is 4. The van der Waals surface area contributed by atoms with Crippen LogP contribution in [-0.2, 0) is 11.3 Å². The lowest BCUT2D eigenvalue weighted by atomic mass is 10.1. The summed E-state index contributed by atoms with van der Waals surface area (Å²) in [6, 6.07) is 9.58. The van der Waals surface area contributed by atoms with Crippen LogP contribution in [0.1, 0.15) is 18.2 Å². The van der Waals surface area contributed by atoms with Crippen molar-refractivity contribution in [3.63, 3.8) is 0 Å². The molecule has 1 aromatic carbocycles. The van der Waals surface area contributed by atoms with Crippen LogP contribution in [0.25, 0.3) is 0 Å². The SMILES string of the molecule is C/C(=N/Nc1nc(SCC(=O)NCc2ccco2)n[nH]1)c1ccc([N+](=O)[O-])cc1. The number of amides is 1. The van der Waals surface area contributed by atoms with Gasteiger partial charge in [0.1, 0.15) is 5.76 Å². The van der Waals surface area contributed by atoms with E-state index in [9.17, 15) is 14.9 Å². The fourth-order valence-electron chi connectivity index (χ4n) is 2.17. The molecule has 0 radical (unpaired) electrons. The van der Waals surface area contributed by atoms with Gasteiger partial charge in [-0.1, -0.05) is 11.8 Å². The molecule has 0 unspecified atom stereocenters. The van der Waals surface area contributed by atoms with E-state index in [2.05, 4.69) is 31.0 Å². The molecule has 0 atom stereocenters. The first kappa shape index (κ1) is 20.1. The first-order valence-corrected chi connectivity index (χ1v) is 9.39. The van der Waals surface area contributed by atoms with Gasteiger partial charge in [-0.15, -0.1) is 5.10 Å². The predicted octanol–water partition coefficient (Wildman–Crippen LogP) is 2.55. The number of aromatic nitrogens is 3. The molecule has 0 saturated heterocycles. The number of non-ortho nitro benzene ring substituents is 1. The molecular formula is C17H17N7O4S. The molecule has 2 heterocycles. The Morgan fingerprint density at radius 3 is 2.83 bits per heavy atom. The Bertz CT molecular complexity index is 999. The molecule has 3 aromatic rings. The first-order valence-electron chi connectivity index (χ1n) is 8.40. The minimum absolute atomic E-state index is 0.0135. The largest absolute Gasteiger partial charge is 0.467 e. The topological polar surface area (TPSA) is 151 Å². The van der Waals surface area contributed by atoms with Crippen molar-refractivity contribution in [1.29, 1.82) is 0 Å². The van der Waals surface area contributed by atoms with Crippen LogP contribution in [0, 0.1) is 10.1 Å². The van der Waals surface area contributed by atoms with Gasteiger partial charge in [0.05, 0.1) is 29.2 Å². The van der Waals surface area contributed by atoms with E-state index in [1.54, 1.807) is 37.5 Å². The Balaban J connectivity index is 1.47. The number of aromatic amines is 1. The first-order chi connectivity index (χ1) is 14.0. The monoisotopic (exact) mass is 415 g/mol. The summed E-state index contributed by atoms with van der Waals surface area (Å²) >= 11 is 1.17. The van der Waals surface area contributed by atoms with Gasteiger partial charge >= 0.3 is 0 Å². The molecule has 0 aliphatic rings. The van der Waals surface area contributed by atoms with Gasteiger partial charge in [0, 0.05) is 12.1 Å². The van der Waals surface area contributed by atoms with Crippen LogP contribution in [0.4, 0.5) is 11.6 Å². The number of furan rings is 1. The second-order valence-electron chi connectivity index (χ2n) is 5.72. The Morgan fingerprint density at radius 2 is 2.14 bits per heavy atom. The van der Waals surface area contributed by atoms with Crippen LogP contribution in [0.3, 0.4) is 0 Å². The number of benzene rings is 1. The van der Waals surface area contributed by atoms with Gasteiger partial charge in [0.25, 0.3) is 5.69 Å². The van der Waals surface area contributed by atoms with Gasteiger partial charge < -0.3 is 9.73 Å². The van der Waals surface area contributed by atoms with Gasteiger partial charge in [-0.25, -0.2) is 10.5 Å². The van der Waals surface area contributed by atoms with Crippen LogP contribution in [0.15, 0.2) is 57.3 Å². The smallest absolute Gasteiger partial charge is 0.269 e. The number of hydrogen-bond donors (Lipinski definition) is 3. The van der Waals surface area contributed by atoms with Gasteiger partial charge in [-0.3, -0.25) is 14.9 Å². The number of rotatable bonds is 9. The van der Waals surface area contributed by atoms with Gasteiger partial charge in [-0.05, 0) is 36.8 Å². The summed E-state index contributed by atoms with van der Waals surface area (Å²) in [5, 5.41) is 24.7. The fraction of sp³-hybridized carbons (Fsp3) is 0.176. The maximum atomic E-state index is 11.8. The van der Waals surface area contributed by atoms with Gasteiger partial charge in [0.2, 0.25) is 17.0 Å². The second kappa shape index (κ2) is 9.50. The molecule has 0 fully saturated rings. The zero-order valence-electron chi connectivity index (χ0n) is 15.3. The Morgan fingerprint density at radius 1 is 1.34 bits per heavy atom. The third-order valence-corrected chi connectivity index (χ3v) is 4.51. The zero-order chi connectivity index (χ0) is 20.6. The summed E-state index contributed by atoms with van der Waals surface area (Å²) in [7, 11) is 0. The molecule has 0 saturated carbocycles. The molecule has 12 heteroatoms. The number of hydrazone groups is 1. The van der Waals surface area contributed by atoms with Crippen molar-refractivity contribution >= 4 is 35.0 Å². The van der Waals surface area contributed by atoms with Crippen molar-refractivity contribution in [1.82, 2.24) is 20.5 Å². The van der Waals surface area contributed by atoms with E-state index >= 15 is 0 Å². The van der Waals surface area contributed by atoms with Crippen LogP contribution >= 0.6 is 11.8 Å². The highest BCUT2D eigenvalue weighted by Crippen LogP contribution is 2.15. The van der Waals surface area contributed by atoms with E-state index in [1.165, 1.54) is 23.9 Å². The predicted molar refractivity (Wildman–Crippen MR) is 107 cm³/mol. The van der Waals surface area contributed by atoms with Crippen LogP contribution in [0.2, 0.25) is 0 Å².